The van der Waals surface area contributed by atoms with E-state index in [2.05, 4.69) is 0 Å². The zero-order chi connectivity index (χ0) is 21.1. The maximum atomic E-state index is 13.7. The number of hydrogen-bond acceptors (Lipinski definition) is 5. The van der Waals surface area contributed by atoms with Gasteiger partial charge in [0.2, 0.25) is 10.0 Å². The highest BCUT2D eigenvalue weighted by atomic mass is 32.2. The lowest BCUT2D eigenvalue weighted by Crippen LogP contribution is -2.33. The van der Waals surface area contributed by atoms with E-state index >= 15 is 0 Å². The highest BCUT2D eigenvalue weighted by Gasteiger charge is 2.35. The third-order valence-electron chi connectivity index (χ3n) is 4.87. The van der Waals surface area contributed by atoms with E-state index in [9.17, 15) is 13.2 Å². The second-order valence-corrected chi connectivity index (χ2v) is 9.13. The molecule has 0 aliphatic carbocycles. The van der Waals surface area contributed by atoms with Crippen molar-refractivity contribution in [2.75, 3.05) is 13.2 Å². The molecule has 0 fully saturated rings. The predicted octanol–water partition coefficient (Wildman–Crippen LogP) is 3.65. The normalized spacial score (nSPS) is 12.1. The van der Waals surface area contributed by atoms with Crippen LogP contribution < -0.4 is 0 Å². The molecule has 0 aromatic carbocycles. The number of aromatic nitrogens is 1. The summed E-state index contributed by atoms with van der Waals surface area (Å²) in [4.78, 5) is 12.6. The summed E-state index contributed by atoms with van der Waals surface area (Å²) in [5.41, 5.74) is 1.18. The molecule has 0 radical (unpaired) electrons. The average molecular weight is 411 g/mol. The van der Waals surface area contributed by atoms with Crippen LogP contribution in [0.5, 0.6) is 0 Å². The Hall–Kier alpha value is -2.06. The first-order valence-electron chi connectivity index (χ1n) is 9.46. The fraction of sp³-hybridized carbons (Fsp3) is 0.550. The Kier molecular flexibility index (Phi) is 7.11. The molecule has 0 saturated carbocycles. The van der Waals surface area contributed by atoms with Gasteiger partial charge in [0.25, 0.3) is 0 Å². The first-order valence-corrected chi connectivity index (χ1v) is 10.9. The number of rotatable bonds is 9. The maximum Gasteiger partial charge on any atom is 0.341 e. The minimum absolute atomic E-state index is 0.0151. The highest BCUT2D eigenvalue weighted by Crippen LogP contribution is 2.31. The van der Waals surface area contributed by atoms with E-state index in [0.717, 1.165) is 0 Å². The molecule has 0 aliphatic heterocycles. The van der Waals surface area contributed by atoms with E-state index in [1.54, 1.807) is 44.5 Å². The number of nitrogens with zero attached hydrogens (tertiary/aromatic N) is 2. The molecule has 28 heavy (non-hydrogen) atoms. The van der Waals surface area contributed by atoms with Crippen LogP contribution in [0, 0.1) is 19.8 Å². The summed E-state index contributed by atoms with van der Waals surface area (Å²) in [6, 6.07) is 3.47. The van der Waals surface area contributed by atoms with Crippen molar-refractivity contribution in [1.82, 2.24) is 8.87 Å². The fourth-order valence-electron chi connectivity index (χ4n) is 3.07. The largest absolute Gasteiger partial charge is 0.468 e. The monoisotopic (exact) mass is 410 g/mol. The Labute approximate surface area is 167 Å². The van der Waals surface area contributed by atoms with Crippen LogP contribution in [0.4, 0.5) is 0 Å². The SMILES string of the molecule is CCOC(=O)c1c(S(=O)(=O)N(CCC(C)C)Cc2ccco2)c(C)n(C)c1C. The molecule has 7 nitrogen and oxygen atoms in total. The third kappa shape index (κ3) is 4.50. The summed E-state index contributed by atoms with van der Waals surface area (Å²) < 4.78 is 40.9. The molecule has 8 heteroatoms. The Bertz CT molecular complexity index is 911. The van der Waals surface area contributed by atoms with Gasteiger partial charge in [0.05, 0.1) is 19.4 Å². The van der Waals surface area contributed by atoms with E-state index in [0.29, 0.717) is 36.0 Å². The molecule has 0 amide bonds. The number of carbonyl (C=O) groups is 1. The van der Waals surface area contributed by atoms with Gasteiger partial charge in [-0.25, -0.2) is 13.2 Å². The van der Waals surface area contributed by atoms with Crippen molar-refractivity contribution < 1.29 is 22.4 Å². The molecular weight excluding hydrogens is 380 g/mol. The van der Waals surface area contributed by atoms with Crippen LogP contribution in [0.25, 0.3) is 0 Å². The molecule has 2 aromatic heterocycles. The molecule has 2 rings (SSSR count). The number of carbonyl (C=O) groups excluding carboxylic acids is 1. The fourth-order valence-corrected chi connectivity index (χ4v) is 4.97. The van der Waals surface area contributed by atoms with Gasteiger partial charge in [-0.3, -0.25) is 0 Å². The minimum Gasteiger partial charge on any atom is -0.468 e. The maximum absolute atomic E-state index is 13.7. The molecule has 0 unspecified atom stereocenters. The Morgan fingerprint density at radius 3 is 2.50 bits per heavy atom. The van der Waals surface area contributed by atoms with Gasteiger partial charge < -0.3 is 13.7 Å². The van der Waals surface area contributed by atoms with Crippen LogP contribution in [0.3, 0.4) is 0 Å². The second kappa shape index (κ2) is 8.96. The van der Waals surface area contributed by atoms with Crippen LogP contribution in [0.1, 0.15) is 54.7 Å². The first-order chi connectivity index (χ1) is 13.1. The van der Waals surface area contributed by atoms with Gasteiger partial charge in [-0.2, -0.15) is 4.31 Å². The van der Waals surface area contributed by atoms with Gasteiger partial charge in [-0.15, -0.1) is 0 Å². The van der Waals surface area contributed by atoms with Crippen molar-refractivity contribution in [2.24, 2.45) is 13.0 Å². The topological polar surface area (TPSA) is 81.8 Å². The lowest BCUT2D eigenvalue weighted by molar-refractivity contribution is 0.0521. The van der Waals surface area contributed by atoms with Crippen LogP contribution in [0.15, 0.2) is 27.7 Å². The van der Waals surface area contributed by atoms with Gasteiger partial charge in [0.1, 0.15) is 16.2 Å². The summed E-state index contributed by atoms with van der Waals surface area (Å²) in [6.07, 6.45) is 2.21. The molecule has 0 bridgehead atoms. The van der Waals surface area contributed by atoms with Crippen molar-refractivity contribution in [3.8, 4) is 0 Å². The zero-order valence-corrected chi connectivity index (χ0v) is 18.3. The van der Waals surface area contributed by atoms with E-state index in [-0.39, 0.29) is 23.6 Å². The van der Waals surface area contributed by atoms with E-state index in [1.807, 2.05) is 13.8 Å². The van der Waals surface area contributed by atoms with Gasteiger partial charge in [0.15, 0.2) is 0 Å². The van der Waals surface area contributed by atoms with Crippen molar-refractivity contribution in [3.63, 3.8) is 0 Å². The van der Waals surface area contributed by atoms with Crippen LogP contribution >= 0.6 is 0 Å². The highest BCUT2D eigenvalue weighted by molar-refractivity contribution is 7.89. The third-order valence-corrected chi connectivity index (χ3v) is 6.88. The number of esters is 1. The Balaban J connectivity index is 2.57. The Morgan fingerprint density at radius 2 is 1.96 bits per heavy atom. The molecule has 2 aromatic rings. The number of furan rings is 1. The molecule has 2 heterocycles. The van der Waals surface area contributed by atoms with E-state index in [1.165, 1.54) is 10.6 Å². The van der Waals surface area contributed by atoms with Crippen molar-refractivity contribution in [3.05, 3.63) is 41.1 Å². The Morgan fingerprint density at radius 1 is 1.29 bits per heavy atom. The van der Waals surface area contributed by atoms with Gasteiger partial charge >= 0.3 is 5.97 Å². The molecule has 156 valence electrons. The molecule has 0 atom stereocenters. The molecule has 0 saturated heterocycles. The number of sulfonamides is 1. The molecule has 0 spiro atoms. The molecule has 0 aliphatic rings. The van der Waals surface area contributed by atoms with Gasteiger partial charge in [-0.1, -0.05) is 13.8 Å². The second-order valence-electron chi connectivity index (χ2n) is 7.25. The van der Waals surface area contributed by atoms with Crippen molar-refractivity contribution >= 4 is 16.0 Å². The number of ether oxygens (including phenoxy) is 1. The quantitative estimate of drug-likeness (QED) is 0.590. The van der Waals surface area contributed by atoms with E-state index < -0.39 is 16.0 Å². The average Bonchev–Trinajstić information content (AvgIpc) is 3.21. The van der Waals surface area contributed by atoms with E-state index in [4.69, 9.17) is 9.15 Å². The predicted molar refractivity (Wildman–Crippen MR) is 107 cm³/mol. The van der Waals surface area contributed by atoms with Gasteiger partial charge in [-0.05, 0) is 45.2 Å². The minimum atomic E-state index is -3.95. The summed E-state index contributed by atoms with van der Waals surface area (Å²) >= 11 is 0. The summed E-state index contributed by atoms with van der Waals surface area (Å²) in [5.74, 6) is 0.261. The van der Waals surface area contributed by atoms with Crippen LogP contribution in [-0.2, 0) is 28.4 Å². The van der Waals surface area contributed by atoms with Crippen molar-refractivity contribution in [2.45, 2.75) is 52.5 Å². The van der Waals surface area contributed by atoms with Crippen molar-refractivity contribution in [1.29, 1.82) is 0 Å². The smallest absolute Gasteiger partial charge is 0.341 e. The standard InChI is InChI=1S/C20H30N2O5S/c1-7-26-20(23)18-15(4)21(6)16(5)19(18)28(24,25)22(11-10-14(2)3)13-17-9-8-12-27-17/h8-9,12,14H,7,10-11,13H2,1-6H3. The van der Waals surface area contributed by atoms with Crippen LogP contribution in [-0.4, -0.2) is 36.4 Å². The number of hydrogen-bond donors (Lipinski definition) is 0. The molecular formula is C20H30N2O5S. The first kappa shape index (κ1) is 22.2. The summed E-state index contributed by atoms with van der Waals surface area (Å²) in [7, 11) is -2.20. The van der Waals surface area contributed by atoms with Gasteiger partial charge in [0, 0.05) is 25.0 Å². The van der Waals surface area contributed by atoms with Crippen LogP contribution in [0.2, 0.25) is 0 Å². The lowest BCUT2D eigenvalue weighted by atomic mass is 10.1. The summed E-state index contributed by atoms with van der Waals surface area (Å²) in [6.45, 7) is 9.82. The summed E-state index contributed by atoms with van der Waals surface area (Å²) in [5, 5.41) is 0. The zero-order valence-electron chi connectivity index (χ0n) is 17.5. The lowest BCUT2D eigenvalue weighted by Gasteiger charge is -2.23. The molecule has 0 N–H and O–H groups in total.